The third kappa shape index (κ3) is 8.88. The Kier molecular flexibility index (Phi) is 10.8. The van der Waals surface area contributed by atoms with Crippen molar-refractivity contribution < 1.29 is 19.3 Å². The third-order valence-corrected chi connectivity index (χ3v) is 6.91. The number of hydrogen-bond acceptors (Lipinski definition) is 5. The summed E-state index contributed by atoms with van der Waals surface area (Å²) < 4.78 is 16.6. The minimum Gasteiger partial charge on any atom is -0.497 e. The van der Waals surface area contributed by atoms with Crippen LogP contribution in [0.2, 0.25) is 0 Å². The van der Waals surface area contributed by atoms with E-state index >= 15 is 0 Å². The van der Waals surface area contributed by atoms with Gasteiger partial charge in [0.25, 0.3) is 0 Å². The predicted molar refractivity (Wildman–Crippen MR) is 157 cm³/mol. The molecule has 0 aliphatic carbocycles. The molecule has 0 saturated carbocycles. The van der Waals surface area contributed by atoms with Crippen molar-refractivity contribution in [3.05, 3.63) is 126 Å². The molecule has 4 rings (SSSR count). The molecule has 0 aliphatic heterocycles. The smallest absolute Gasteiger partial charge is 0.119 e. The summed E-state index contributed by atoms with van der Waals surface area (Å²) >= 11 is 0. The van der Waals surface area contributed by atoms with E-state index in [1.165, 1.54) is 16.7 Å². The Morgan fingerprint density at radius 3 is 1.74 bits per heavy atom. The number of para-hydroxylation sites is 1. The van der Waals surface area contributed by atoms with Gasteiger partial charge >= 0.3 is 0 Å². The highest BCUT2D eigenvalue weighted by Gasteiger charge is 2.18. The summed E-state index contributed by atoms with van der Waals surface area (Å²) in [4.78, 5) is 2.33. The van der Waals surface area contributed by atoms with Gasteiger partial charge < -0.3 is 19.3 Å². The third-order valence-electron chi connectivity index (χ3n) is 6.91. The fourth-order valence-electron chi connectivity index (χ4n) is 4.85. The number of benzene rings is 4. The summed E-state index contributed by atoms with van der Waals surface area (Å²) in [6, 6.07) is 36.8. The Bertz CT molecular complexity index is 1170. The molecule has 0 bridgehead atoms. The van der Waals surface area contributed by atoms with Gasteiger partial charge in [-0.2, -0.15) is 0 Å². The van der Waals surface area contributed by atoms with Crippen molar-refractivity contribution in [2.45, 2.75) is 31.4 Å². The molecule has 0 aromatic heterocycles. The van der Waals surface area contributed by atoms with Crippen molar-refractivity contribution in [3.8, 4) is 17.2 Å². The fourth-order valence-corrected chi connectivity index (χ4v) is 4.85. The molecule has 0 fully saturated rings. The van der Waals surface area contributed by atoms with Crippen molar-refractivity contribution in [3.63, 3.8) is 0 Å². The number of aliphatic hydroxyl groups excluding tert-OH is 1. The molecule has 0 saturated heterocycles. The van der Waals surface area contributed by atoms with E-state index in [2.05, 4.69) is 53.4 Å². The Balaban J connectivity index is 1.43. The van der Waals surface area contributed by atoms with Crippen molar-refractivity contribution >= 4 is 0 Å². The molecule has 1 N–H and O–H groups in total. The van der Waals surface area contributed by atoms with Crippen LogP contribution in [0.5, 0.6) is 17.2 Å². The maximum Gasteiger partial charge on any atom is 0.119 e. The summed E-state index contributed by atoms with van der Waals surface area (Å²) in [6.45, 7) is 2.44. The number of nitrogens with zero attached hydrogens (tertiary/aromatic N) is 1. The molecule has 5 nitrogen and oxygen atoms in total. The van der Waals surface area contributed by atoms with Crippen LogP contribution in [0.25, 0.3) is 0 Å². The predicted octanol–water partition coefficient (Wildman–Crippen LogP) is 6.56. The summed E-state index contributed by atoms with van der Waals surface area (Å²) in [5, 5.41) is 10.8. The number of methoxy groups -OCH3 is 2. The van der Waals surface area contributed by atoms with Gasteiger partial charge in [0.2, 0.25) is 0 Å². The Hall–Kier alpha value is -3.80. The van der Waals surface area contributed by atoms with Crippen LogP contribution in [0, 0.1) is 0 Å². The number of ether oxygens (including phenoxy) is 3. The first kappa shape index (κ1) is 28.2. The molecule has 39 heavy (non-hydrogen) atoms. The first-order valence-corrected chi connectivity index (χ1v) is 13.5. The van der Waals surface area contributed by atoms with E-state index < -0.39 is 6.10 Å². The number of aliphatic hydroxyl groups is 1. The van der Waals surface area contributed by atoms with E-state index in [1.807, 2.05) is 60.7 Å². The highest BCUT2D eigenvalue weighted by Crippen LogP contribution is 2.32. The van der Waals surface area contributed by atoms with E-state index in [9.17, 15) is 5.11 Å². The molecule has 1 atom stereocenters. The summed E-state index contributed by atoms with van der Waals surface area (Å²) in [6.07, 6.45) is 1.36. The average Bonchev–Trinajstić information content (AvgIpc) is 2.99. The van der Waals surface area contributed by atoms with Gasteiger partial charge in [-0.3, -0.25) is 4.90 Å². The van der Waals surface area contributed by atoms with E-state index in [-0.39, 0.29) is 12.5 Å². The maximum absolute atomic E-state index is 10.8. The zero-order valence-electron chi connectivity index (χ0n) is 22.9. The van der Waals surface area contributed by atoms with Crippen LogP contribution in [0.1, 0.15) is 35.4 Å². The average molecular weight is 526 g/mol. The van der Waals surface area contributed by atoms with Gasteiger partial charge in [-0.1, -0.05) is 72.8 Å². The zero-order chi connectivity index (χ0) is 27.3. The van der Waals surface area contributed by atoms with Crippen molar-refractivity contribution in [2.24, 2.45) is 0 Å². The zero-order valence-corrected chi connectivity index (χ0v) is 22.9. The molecule has 5 heteroatoms. The first-order valence-electron chi connectivity index (χ1n) is 13.5. The van der Waals surface area contributed by atoms with Gasteiger partial charge in [0.15, 0.2) is 0 Å². The van der Waals surface area contributed by atoms with E-state index in [4.69, 9.17) is 14.2 Å². The molecule has 0 spiro atoms. The molecular formula is C34H39NO4. The molecule has 4 aromatic rings. The minimum atomic E-state index is -0.590. The fraction of sp³-hybridized carbons (Fsp3) is 0.294. The Morgan fingerprint density at radius 1 is 0.667 bits per heavy atom. The van der Waals surface area contributed by atoms with Crippen molar-refractivity contribution in [2.75, 3.05) is 33.9 Å². The molecule has 0 amide bonds. The van der Waals surface area contributed by atoms with Gasteiger partial charge in [-0.15, -0.1) is 0 Å². The molecule has 0 aliphatic rings. The van der Waals surface area contributed by atoms with Crippen LogP contribution < -0.4 is 14.2 Å². The second kappa shape index (κ2) is 15.0. The van der Waals surface area contributed by atoms with Gasteiger partial charge in [-0.25, -0.2) is 0 Å². The number of hydrogen-bond donors (Lipinski definition) is 1. The molecule has 204 valence electrons. The summed E-state index contributed by atoms with van der Waals surface area (Å²) in [5.74, 6) is 2.72. The topological polar surface area (TPSA) is 51.2 Å². The largest absolute Gasteiger partial charge is 0.497 e. The highest BCUT2D eigenvalue weighted by atomic mass is 16.5. The molecule has 0 heterocycles. The van der Waals surface area contributed by atoms with Gasteiger partial charge in [-0.05, 0) is 72.5 Å². The van der Waals surface area contributed by atoms with Crippen LogP contribution in [0.4, 0.5) is 0 Å². The van der Waals surface area contributed by atoms with E-state index in [1.54, 1.807) is 14.2 Å². The monoisotopic (exact) mass is 525 g/mol. The lowest BCUT2D eigenvalue weighted by molar-refractivity contribution is 0.0648. The second-order valence-electron chi connectivity index (χ2n) is 9.74. The first-order chi connectivity index (χ1) is 19.1. The Labute approximate surface area is 232 Å². The molecular weight excluding hydrogens is 486 g/mol. The van der Waals surface area contributed by atoms with Crippen LogP contribution in [0.15, 0.2) is 109 Å². The van der Waals surface area contributed by atoms with Crippen LogP contribution in [0.3, 0.4) is 0 Å². The van der Waals surface area contributed by atoms with Crippen LogP contribution >= 0.6 is 0 Å². The SMILES string of the molecule is COc1ccc(C(CCCN(Cc2ccccc2)CC(O)COc2ccccc2)c2ccc(OC)cc2)cc1. The lowest BCUT2D eigenvalue weighted by atomic mass is 9.87. The summed E-state index contributed by atoms with van der Waals surface area (Å²) in [5.41, 5.74) is 3.74. The minimum absolute atomic E-state index is 0.242. The van der Waals surface area contributed by atoms with E-state index in [0.29, 0.717) is 6.54 Å². The number of rotatable bonds is 15. The van der Waals surface area contributed by atoms with Crippen LogP contribution in [-0.2, 0) is 6.54 Å². The Morgan fingerprint density at radius 2 is 1.21 bits per heavy atom. The lowest BCUT2D eigenvalue weighted by Crippen LogP contribution is -2.36. The van der Waals surface area contributed by atoms with Gasteiger partial charge in [0.1, 0.15) is 30.0 Å². The van der Waals surface area contributed by atoms with E-state index in [0.717, 1.165) is 43.2 Å². The second-order valence-corrected chi connectivity index (χ2v) is 9.74. The molecule has 1 unspecified atom stereocenters. The van der Waals surface area contributed by atoms with Gasteiger partial charge in [0.05, 0.1) is 14.2 Å². The quantitative estimate of drug-likeness (QED) is 0.191. The lowest BCUT2D eigenvalue weighted by Gasteiger charge is -2.26. The molecule has 4 aromatic carbocycles. The molecule has 0 radical (unpaired) electrons. The van der Waals surface area contributed by atoms with Crippen LogP contribution in [-0.4, -0.2) is 50.0 Å². The standard InChI is InChI=1S/C34H39NO4/c1-37-31-19-15-28(16-20-31)34(29-17-21-32(38-2)22-18-29)14-9-23-35(24-27-10-5-3-6-11-27)25-30(36)26-39-33-12-7-4-8-13-33/h3-8,10-13,15-22,30,34,36H,9,14,23-26H2,1-2H3. The normalized spacial score (nSPS) is 11.9. The highest BCUT2D eigenvalue weighted by molar-refractivity contribution is 5.38. The van der Waals surface area contributed by atoms with Gasteiger partial charge in [0, 0.05) is 19.0 Å². The van der Waals surface area contributed by atoms with Crippen molar-refractivity contribution in [1.82, 2.24) is 4.90 Å². The summed E-state index contributed by atoms with van der Waals surface area (Å²) in [7, 11) is 3.38. The maximum atomic E-state index is 10.8. The van der Waals surface area contributed by atoms with Crippen molar-refractivity contribution in [1.29, 1.82) is 0 Å².